The van der Waals surface area contributed by atoms with Crippen molar-refractivity contribution in [1.29, 1.82) is 0 Å². The Morgan fingerprint density at radius 2 is 2.27 bits per heavy atom. The summed E-state index contributed by atoms with van der Waals surface area (Å²) in [5.41, 5.74) is 0. The second-order valence-corrected chi connectivity index (χ2v) is 8.30. The average molecular weight is 350 g/mol. The molecule has 1 aromatic rings. The smallest absolute Gasteiger partial charge is 0.266 e. The Labute approximate surface area is 131 Å². The Morgan fingerprint density at radius 3 is 2.91 bits per heavy atom. The van der Waals surface area contributed by atoms with Crippen LogP contribution in [0.25, 0.3) is 0 Å². The highest BCUT2D eigenvalue weighted by atomic mass is 32.2. The van der Waals surface area contributed by atoms with E-state index < -0.39 is 21.7 Å². The summed E-state index contributed by atoms with van der Waals surface area (Å²) in [6, 6.07) is 0. The van der Waals surface area contributed by atoms with E-state index in [1.807, 2.05) is 0 Å². The fraction of sp³-hybridized carbons (Fsp3) is 0.538. The lowest BCUT2D eigenvalue weighted by atomic mass is 9.86. The summed E-state index contributed by atoms with van der Waals surface area (Å²) in [6.45, 7) is 0.571. The van der Waals surface area contributed by atoms with Crippen molar-refractivity contribution in [1.82, 2.24) is 4.98 Å². The van der Waals surface area contributed by atoms with Crippen molar-refractivity contribution in [3.63, 3.8) is 0 Å². The van der Waals surface area contributed by atoms with Gasteiger partial charge >= 0.3 is 0 Å². The lowest BCUT2D eigenvalue weighted by molar-refractivity contribution is 0.0768. The molecule has 0 N–H and O–H groups in total. The van der Waals surface area contributed by atoms with Crippen molar-refractivity contribution >= 4 is 27.4 Å². The van der Waals surface area contributed by atoms with Crippen LogP contribution in [0.3, 0.4) is 0 Å². The SMILES string of the molecule is O=S(=O)(CCC=C(F)F)c1ncc(/C=N/OCC2CCC2)s1. The fourth-order valence-electron chi connectivity index (χ4n) is 1.78. The molecule has 2 rings (SSSR count). The van der Waals surface area contributed by atoms with E-state index in [0.29, 0.717) is 23.5 Å². The number of aromatic nitrogens is 1. The standard InChI is InChI=1S/C13H16F2N2O3S2/c14-12(15)5-2-6-22(18,19)13-16-7-11(21-13)8-17-20-9-10-3-1-4-10/h5,7-8,10H,1-4,6,9H2/b17-8+. The zero-order chi connectivity index (χ0) is 16.0. The Bertz CT molecular complexity index is 648. The normalized spacial score (nSPS) is 15.7. The number of sulfone groups is 1. The molecule has 5 nitrogen and oxygen atoms in total. The molecule has 1 heterocycles. The van der Waals surface area contributed by atoms with E-state index in [2.05, 4.69) is 10.1 Å². The van der Waals surface area contributed by atoms with Crippen molar-refractivity contribution in [3.05, 3.63) is 23.2 Å². The van der Waals surface area contributed by atoms with E-state index in [1.165, 1.54) is 18.8 Å². The Balaban J connectivity index is 1.86. The predicted octanol–water partition coefficient (Wildman–Crippen LogP) is 3.24. The molecule has 1 saturated carbocycles. The number of nitrogens with zero attached hydrogens (tertiary/aromatic N) is 2. The van der Waals surface area contributed by atoms with Crippen molar-refractivity contribution < 1.29 is 22.0 Å². The van der Waals surface area contributed by atoms with Gasteiger partial charge in [-0.25, -0.2) is 13.4 Å². The minimum Gasteiger partial charge on any atom is -0.395 e. The molecule has 0 unspecified atom stereocenters. The highest BCUT2D eigenvalue weighted by Crippen LogP contribution is 2.26. The summed E-state index contributed by atoms with van der Waals surface area (Å²) < 4.78 is 47.5. The first-order chi connectivity index (χ1) is 10.5. The third-order valence-corrected chi connectivity index (χ3v) is 6.39. The molecule has 0 saturated heterocycles. The fourth-order valence-corrected chi connectivity index (χ4v) is 4.15. The molecule has 1 aromatic heterocycles. The molecular weight excluding hydrogens is 334 g/mol. The van der Waals surface area contributed by atoms with E-state index in [0.717, 1.165) is 24.2 Å². The van der Waals surface area contributed by atoms with Crippen LogP contribution in [-0.4, -0.2) is 32.0 Å². The van der Waals surface area contributed by atoms with Crippen LogP contribution in [-0.2, 0) is 14.7 Å². The van der Waals surface area contributed by atoms with Crippen molar-refractivity contribution in [2.45, 2.75) is 30.0 Å². The van der Waals surface area contributed by atoms with E-state index in [1.54, 1.807) is 0 Å². The van der Waals surface area contributed by atoms with Crippen LogP contribution in [0.5, 0.6) is 0 Å². The molecule has 1 aliphatic rings. The zero-order valence-corrected chi connectivity index (χ0v) is 13.4. The Morgan fingerprint density at radius 1 is 1.50 bits per heavy atom. The molecular formula is C13H16F2N2O3S2. The van der Waals surface area contributed by atoms with E-state index in [-0.39, 0.29) is 10.8 Å². The number of hydrogen-bond acceptors (Lipinski definition) is 6. The van der Waals surface area contributed by atoms with Gasteiger partial charge in [-0.2, -0.15) is 8.78 Å². The second kappa shape index (κ2) is 7.77. The van der Waals surface area contributed by atoms with Crippen LogP contribution < -0.4 is 0 Å². The summed E-state index contributed by atoms with van der Waals surface area (Å²) in [7, 11) is -3.65. The van der Waals surface area contributed by atoms with E-state index in [9.17, 15) is 17.2 Å². The molecule has 0 amide bonds. The molecule has 0 bridgehead atoms. The van der Waals surface area contributed by atoms with Crippen LogP contribution in [0.15, 0.2) is 27.8 Å². The highest BCUT2D eigenvalue weighted by Gasteiger charge is 2.19. The lowest BCUT2D eigenvalue weighted by Crippen LogP contribution is -2.16. The van der Waals surface area contributed by atoms with Crippen LogP contribution in [0, 0.1) is 5.92 Å². The number of oxime groups is 1. The van der Waals surface area contributed by atoms with Crippen molar-refractivity contribution in [3.8, 4) is 0 Å². The van der Waals surface area contributed by atoms with Gasteiger partial charge in [0.15, 0.2) is 0 Å². The summed E-state index contributed by atoms with van der Waals surface area (Å²) >= 11 is 0.941. The molecule has 9 heteroatoms. The van der Waals surface area contributed by atoms with Crippen LogP contribution in [0.1, 0.15) is 30.6 Å². The quantitative estimate of drug-likeness (QED) is 0.533. The van der Waals surface area contributed by atoms with Gasteiger partial charge in [-0.15, -0.1) is 11.3 Å². The van der Waals surface area contributed by atoms with Gasteiger partial charge in [-0.1, -0.05) is 11.6 Å². The minimum absolute atomic E-state index is 0.0967. The molecule has 1 aliphatic carbocycles. The molecule has 0 radical (unpaired) electrons. The number of rotatable bonds is 8. The third-order valence-electron chi connectivity index (χ3n) is 3.24. The summed E-state index contributed by atoms with van der Waals surface area (Å²) in [5.74, 6) is 0.172. The van der Waals surface area contributed by atoms with Crippen molar-refractivity contribution in [2.75, 3.05) is 12.4 Å². The van der Waals surface area contributed by atoms with Gasteiger partial charge in [0.25, 0.3) is 6.08 Å². The monoisotopic (exact) mass is 350 g/mol. The predicted molar refractivity (Wildman–Crippen MR) is 80.0 cm³/mol. The maximum absolute atomic E-state index is 11.9. The van der Waals surface area contributed by atoms with Gasteiger partial charge in [0.1, 0.15) is 6.61 Å². The highest BCUT2D eigenvalue weighted by molar-refractivity contribution is 7.93. The van der Waals surface area contributed by atoms with Gasteiger partial charge in [-0.05, 0) is 31.3 Å². The molecule has 22 heavy (non-hydrogen) atoms. The maximum atomic E-state index is 11.9. The summed E-state index contributed by atoms with van der Waals surface area (Å²) in [4.78, 5) is 9.48. The van der Waals surface area contributed by atoms with Gasteiger partial charge in [0.05, 0.1) is 16.8 Å². The first-order valence-corrected chi connectivity index (χ1v) is 9.29. The molecule has 1 fully saturated rings. The Hall–Kier alpha value is -1.35. The summed E-state index contributed by atoms with van der Waals surface area (Å²) in [6.07, 6.45) is 4.80. The van der Waals surface area contributed by atoms with Crippen LogP contribution >= 0.6 is 11.3 Å². The minimum atomic E-state index is -3.65. The van der Waals surface area contributed by atoms with Crippen LogP contribution in [0.4, 0.5) is 8.78 Å². The zero-order valence-electron chi connectivity index (χ0n) is 11.7. The van der Waals surface area contributed by atoms with Gasteiger partial charge in [0.2, 0.25) is 14.2 Å². The number of halogens is 2. The lowest BCUT2D eigenvalue weighted by Gasteiger charge is -2.23. The first-order valence-electron chi connectivity index (χ1n) is 6.82. The topological polar surface area (TPSA) is 68.6 Å². The second-order valence-electron chi connectivity index (χ2n) is 4.96. The molecule has 0 aliphatic heterocycles. The number of thiazole rings is 1. The van der Waals surface area contributed by atoms with Gasteiger partial charge in [0, 0.05) is 6.20 Å². The van der Waals surface area contributed by atoms with Crippen LogP contribution in [0.2, 0.25) is 0 Å². The molecule has 0 aromatic carbocycles. The Kier molecular flexibility index (Phi) is 6.01. The van der Waals surface area contributed by atoms with E-state index in [4.69, 9.17) is 4.84 Å². The molecule has 0 spiro atoms. The first kappa shape index (κ1) is 17.0. The number of hydrogen-bond donors (Lipinski definition) is 0. The van der Waals surface area contributed by atoms with Crippen molar-refractivity contribution in [2.24, 2.45) is 11.1 Å². The van der Waals surface area contributed by atoms with Gasteiger partial charge < -0.3 is 4.84 Å². The average Bonchev–Trinajstić information content (AvgIpc) is 2.85. The largest absolute Gasteiger partial charge is 0.395 e. The summed E-state index contributed by atoms with van der Waals surface area (Å²) in [5, 5.41) is 3.79. The van der Waals surface area contributed by atoms with E-state index >= 15 is 0 Å². The third kappa shape index (κ3) is 5.13. The number of allylic oxidation sites excluding steroid dienone is 1. The molecule has 0 atom stereocenters. The maximum Gasteiger partial charge on any atom is 0.266 e. The van der Waals surface area contributed by atoms with Gasteiger partial charge in [-0.3, -0.25) is 0 Å². The molecule has 122 valence electrons.